The summed E-state index contributed by atoms with van der Waals surface area (Å²) in [5.41, 5.74) is 3.79. The minimum atomic E-state index is -0.266. The summed E-state index contributed by atoms with van der Waals surface area (Å²) in [4.78, 5) is 18.6. The van der Waals surface area contributed by atoms with Gasteiger partial charge in [-0.25, -0.2) is 4.98 Å². The summed E-state index contributed by atoms with van der Waals surface area (Å²) >= 11 is 3.58. The number of methoxy groups -OCH3 is 2. The van der Waals surface area contributed by atoms with Crippen molar-refractivity contribution in [3.63, 3.8) is 0 Å². The second-order valence-corrected chi connectivity index (χ2v) is 9.86. The summed E-state index contributed by atoms with van der Waals surface area (Å²) in [7, 11) is 3.23. The molecule has 0 atom stereocenters. The van der Waals surface area contributed by atoms with Crippen LogP contribution in [0, 0.1) is 6.92 Å². The molecule has 38 heavy (non-hydrogen) atoms. The lowest BCUT2D eigenvalue weighted by Gasteiger charge is -2.17. The standard InChI is InChI=1S/C30H30BrN3O4/c1-7-12-38-28-16-24(31)20(14-27(28)37-6)17-32-34-29(33-25-11-9-8-10-21(25)30(34)35)23-15-22(18(2)3)26(36-5)13-19(23)4/h7-11,13-18H,1,12H2,2-6H3. The maximum Gasteiger partial charge on any atom is 0.282 e. The highest BCUT2D eigenvalue weighted by molar-refractivity contribution is 9.10. The van der Waals surface area contributed by atoms with E-state index >= 15 is 0 Å². The molecule has 4 rings (SSSR count). The second-order valence-electron chi connectivity index (χ2n) is 9.00. The highest BCUT2D eigenvalue weighted by Gasteiger charge is 2.18. The fourth-order valence-electron chi connectivity index (χ4n) is 4.16. The van der Waals surface area contributed by atoms with Gasteiger partial charge in [0, 0.05) is 15.6 Å². The zero-order valence-electron chi connectivity index (χ0n) is 22.1. The van der Waals surface area contributed by atoms with E-state index in [1.165, 1.54) is 4.68 Å². The third-order valence-electron chi connectivity index (χ3n) is 6.15. The van der Waals surface area contributed by atoms with Crippen molar-refractivity contribution in [2.24, 2.45) is 5.10 Å². The second kappa shape index (κ2) is 11.6. The molecule has 0 aliphatic carbocycles. The maximum atomic E-state index is 13.7. The molecule has 0 aliphatic heterocycles. The van der Waals surface area contributed by atoms with Gasteiger partial charge in [0.05, 0.1) is 31.3 Å². The highest BCUT2D eigenvalue weighted by Crippen LogP contribution is 2.35. The first-order chi connectivity index (χ1) is 18.3. The molecule has 0 amide bonds. The third kappa shape index (κ3) is 5.36. The van der Waals surface area contributed by atoms with Crippen LogP contribution in [0.4, 0.5) is 0 Å². The molecule has 196 valence electrons. The lowest BCUT2D eigenvalue weighted by atomic mass is 9.96. The fourth-order valence-corrected chi connectivity index (χ4v) is 4.59. The van der Waals surface area contributed by atoms with Crippen LogP contribution in [-0.4, -0.2) is 36.7 Å². The summed E-state index contributed by atoms with van der Waals surface area (Å²) in [5, 5.41) is 5.11. The molecule has 0 aliphatic rings. The summed E-state index contributed by atoms with van der Waals surface area (Å²) in [6, 6.07) is 14.9. The Bertz CT molecular complexity index is 1590. The van der Waals surface area contributed by atoms with Gasteiger partial charge in [-0.2, -0.15) is 9.78 Å². The topological polar surface area (TPSA) is 74.9 Å². The molecule has 1 heterocycles. The van der Waals surface area contributed by atoms with Crippen molar-refractivity contribution in [3.05, 3.63) is 92.7 Å². The molecule has 0 bridgehead atoms. The molecule has 1 aromatic heterocycles. The predicted molar refractivity (Wildman–Crippen MR) is 156 cm³/mol. The Kier molecular flexibility index (Phi) is 8.32. The molecule has 0 saturated carbocycles. The Morgan fingerprint density at radius 1 is 1.08 bits per heavy atom. The van der Waals surface area contributed by atoms with Crippen molar-refractivity contribution >= 4 is 33.0 Å². The first-order valence-electron chi connectivity index (χ1n) is 12.1. The minimum absolute atomic E-state index is 0.207. The predicted octanol–water partition coefficient (Wildman–Crippen LogP) is 6.72. The van der Waals surface area contributed by atoms with Crippen LogP contribution in [0.1, 0.15) is 36.5 Å². The summed E-state index contributed by atoms with van der Waals surface area (Å²) in [5.74, 6) is 2.55. The van der Waals surface area contributed by atoms with Gasteiger partial charge in [0.25, 0.3) is 5.56 Å². The van der Waals surface area contributed by atoms with E-state index in [2.05, 4.69) is 41.5 Å². The molecule has 7 nitrogen and oxygen atoms in total. The molecular weight excluding hydrogens is 546 g/mol. The zero-order valence-corrected chi connectivity index (χ0v) is 23.7. The Hall–Kier alpha value is -3.91. The molecular formula is C30H30BrN3O4. The average Bonchev–Trinajstić information content (AvgIpc) is 2.91. The number of benzene rings is 3. The van der Waals surface area contributed by atoms with Crippen LogP contribution < -0.4 is 19.8 Å². The van der Waals surface area contributed by atoms with E-state index in [0.29, 0.717) is 40.4 Å². The minimum Gasteiger partial charge on any atom is -0.496 e. The largest absolute Gasteiger partial charge is 0.496 e. The van der Waals surface area contributed by atoms with Crippen LogP contribution in [0.25, 0.3) is 22.3 Å². The van der Waals surface area contributed by atoms with E-state index in [9.17, 15) is 4.79 Å². The van der Waals surface area contributed by atoms with E-state index in [1.54, 1.807) is 44.7 Å². The Balaban J connectivity index is 1.93. The van der Waals surface area contributed by atoms with E-state index in [0.717, 1.165) is 26.9 Å². The summed E-state index contributed by atoms with van der Waals surface area (Å²) in [6.07, 6.45) is 3.27. The molecule has 0 unspecified atom stereocenters. The molecule has 0 saturated heterocycles. The van der Waals surface area contributed by atoms with Crippen molar-refractivity contribution < 1.29 is 14.2 Å². The first kappa shape index (κ1) is 27.1. The number of aromatic nitrogens is 2. The van der Waals surface area contributed by atoms with Crippen LogP contribution in [0.5, 0.6) is 17.2 Å². The van der Waals surface area contributed by atoms with Gasteiger partial charge in [0.15, 0.2) is 17.3 Å². The quantitative estimate of drug-likeness (QED) is 0.163. The molecule has 0 N–H and O–H groups in total. The number of rotatable bonds is 9. The van der Waals surface area contributed by atoms with Gasteiger partial charge in [-0.3, -0.25) is 4.79 Å². The van der Waals surface area contributed by atoms with Gasteiger partial charge in [-0.05, 0) is 76.3 Å². The van der Waals surface area contributed by atoms with Gasteiger partial charge in [0.1, 0.15) is 12.4 Å². The lowest BCUT2D eigenvalue weighted by Crippen LogP contribution is -2.21. The molecule has 0 radical (unpaired) electrons. The Morgan fingerprint density at radius 3 is 2.50 bits per heavy atom. The van der Waals surface area contributed by atoms with Crippen molar-refractivity contribution in [2.75, 3.05) is 20.8 Å². The van der Waals surface area contributed by atoms with Gasteiger partial charge in [-0.1, -0.05) is 38.6 Å². The third-order valence-corrected chi connectivity index (χ3v) is 6.83. The maximum absolute atomic E-state index is 13.7. The van der Waals surface area contributed by atoms with Crippen LogP contribution in [0.15, 0.2) is 75.6 Å². The normalized spacial score (nSPS) is 11.3. The van der Waals surface area contributed by atoms with E-state index < -0.39 is 0 Å². The number of hydrogen-bond donors (Lipinski definition) is 0. The van der Waals surface area contributed by atoms with Gasteiger partial charge in [0.2, 0.25) is 0 Å². The van der Waals surface area contributed by atoms with Crippen LogP contribution >= 0.6 is 15.9 Å². The van der Waals surface area contributed by atoms with Gasteiger partial charge < -0.3 is 14.2 Å². The lowest BCUT2D eigenvalue weighted by molar-refractivity contribution is 0.326. The number of halogens is 1. The van der Waals surface area contributed by atoms with Crippen LogP contribution in [-0.2, 0) is 0 Å². The summed E-state index contributed by atoms with van der Waals surface area (Å²) in [6.45, 7) is 10.2. The molecule has 3 aromatic carbocycles. The van der Waals surface area contributed by atoms with Crippen molar-refractivity contribution in [1.82, 2.24) is 9.66 Å². The summed E-state index contributed by atoms with van der Waals surface area (Å²) < 4.78 is 18.9. The monoisotopic (exact) mass is 575 g/mol. The molecule has 8 heteroatoms. The van der Waals surface area contributed by atoms with Crippen molar-refractivity contribution in [1.29, 1.82) is 0 Å². The smallest absolute Gasteiger partial charge is 0.282 e. The first-order valence-corrected chi connectivity index (χ1v) is 12.9. The fraction of sp³-hybridized carbons (Fsp3) is 0.233. The van der Waals surface area contributed by atoms with E-state index in [4.69, 9.17) is 19.2 Å². The number of aryl methyl sites for hydroxylation is 1. The molecule has 4 aromatic rings. The van der Waals surface area contributed by atoms with E-state index in [1.807, 2.05) is 37.3 Å². The Morgan fingerprint density at radius 2 is 1.82 bits per heavy atom. The number of ether oxygens (including phenoxy) is 3. The van der Waals surface area contributed by atoms with Crippen molar-refractivity contribution in [2.45, 2.75) is 26.7 Å². The Labute approximate surface area is 230 Å². The van der Waals surface area contributed by atoms with Crippen LogP contribution in [0.3, 0.4) is 0 Å². The highest BCUT2D eigenvalue weighted by atomic mass is 79.9. The molecule has 0 spiro atoms. The van der Waals surface area contributed by atoms with Crippen LogP contribution in [0.2, 0.25) is 0 Å². The molecule has 0 fully saturated rings. The number of hydrogen-bond acceptors (Lipinski definition) is 6. The van der Waals surface area contributed by atoms with Gasteiger partial charge in [-0.15, -0.1) is 0 Å². The number of nitrogens with zero attached hydrogens (tertiary/aromatic N) is 3. The number of fused-ring (bicyclic) bond motifs is 1. The average molecular weight is 576 g/mol. The van der Waals surface area contributed by atoms with Gasteiger partial charge >= 0.3 is 0 Å². The zero-order chi connectivity index (χ0) is 27.4. The SMILES string of the molecule is C=CCOc1cc(Br)c(C=Nn2c(-c3cc(C(C)C)c(OC)cc3C)nc3ccccc3c2=O)cc1OC. The van der Waals surface area contributed by atoms with Crippen molar-refractivity contribution in [3.8, 4) is 28.6 Å². The van der Waals surface area contributed by atoms with E-state index in [-0.39, 0.29) is 11.5 Å². The number of para-hydroxylation sites is 1.